The van der Waals surface area contributed by atoms with E-state index in [0.29, 0.717) is 13.0 Å². The molecule has 1 heterocycles. The number of H-pyrrole nitrogens is 1. The van der Waals surface area contributed by atoms with Crippen molar-refractivity contribution >= 4 is 0 Å². The fourth-order valence-corrected chi connectivity index (χ4v) is 1.65. The predicted octanol–water partition coefficient (Wildman–Crippen LogP) is 1.66. The summed E-state index contributed by atoms with van der Waals surface area (Å²) in [6, 6.07) is 7.02. The van der Waals surface area contributed by atoms with E-state index in [0.717, 1.165) is 11.4 Å². The molecule has 0 aliphatic heterocycles. The van der Waals surface area contributed by atoms with E-state index in [1.165, 1.54) is 12.4 Å². The minimum Gasteiger partial charge on any atom is -0.307 e. The van der Waals surface area contributed by atoms with Gasteiger partial charge in [-0.2, -0.15) is 5.10 Å². The molecule has 2 N–H and O–H groups in total. The van der Waals surface area contributed by atoms with Crippen LogP contribution in [0.15, 0.2) is 30.6 Å². The summed E-state index contributed by atoms with van der Waals surface area (Å²) in [5.41, 5.74) is 0.727. The van der Waals surface area contributed by atoms with Gasteiger partial charge in [0, 0.05) is 6.04 Å². The molecule has 5 heteroatoms. The Balaban J connectivity index is 1.85. The molecule has 0 bridgehead atoms. The number of aromatic amines is 1. The second kappa shape index (κ2) is 5.54. The minimum absolute atomic E-state index is 0.152. The van der Waals surface area contributed by atoms with Crippen LogP contribution in [0, 0.1) is 5.82 Å². The molecule has 90 valence electrons. The fourth-order valence-electron chi connectivity index (χ4n) is 1.65. The molecule has 0 fully saturated rings. The van der Waals surface area contributed by atoms with Crippen molar-refractivity contribution in [3.8, 4) is 0 Å². The third-order valence-electron chi connectivity index (χ3n) is 2.57. The third-order valence-corrected chi connectivity index (χ3v) is 2.57. The van der Waals surface area contributed by atoms with Crippen molar-refractivity contribution in [2.75, 3.05) is 0 Å². The lowest BCUT2D eigenvalue weighted by atomic mass is 10.1. The molecule has 17 heavy (non-hydrogen) atoms. The maximum Gasteiger partial charge on any atom is 0.138 e. The molecule has 0 saturated heterocycles. The maximum atomic E-state index is 13.4. The summed E-state index contributed by atoms with van der Waals surface area (Å²) in [7, 11) is 0. The molecule has 0 amide bonds. The molecule has 1 aromatic heterocycles. The lowest BCUT2D eigenvalue weighted by Gasteiger charge is -2.13. The van der Waals surface area contributed by atoms with Crippen LogP contribution in [0.3, 0.4) is 0 Å². The fraction of sp³-hybridized carbons (Fsp3) is 0.333. The van der Waals surface area contributed by atoms with E-state index in [1.807, 2.05) is 19.1 Å². The van der Waals surface area contributed by atoms with Crippen molar-refractivity contribution in [1.29, 1.82) is 0 Å². The zero-order valence-electron chi connectivity index (χ0n) is 9.65. The first-order valence-corrected chi connectivity index (χ1v) is 5.56. The maximum absolute atomic E-state index is 13.4. The molecule has 2 aromatic rings. The number of halogens is 1. The molecule has 2 rings (SSSR count). The SMILES string of the molecule is CC(Cc1ccccc1F)NCc1ncn[nH]1. The summed E-state index contributed by atoms with van der Waals surface area (Å²) < 4.78 is 13.4. The van der Waals surface area contributed by atoms with Gasteiger partial charge in [0.2, 0.25) is 0 Å². The van der Waals surface area contributed by atoms with E-state index < -0.39 is 0 Å². The monoisotopic (exact) mass is 234 g/mol. The van der Waals surface area contributed by atoms with Crippen molar-refractivity contribution in [3.63, 3.8) is 0 Å². The Bertz CT molecular complexity index is 455. The Hall–Kier alpha value is -1.75. The van der Waals surface area contributed by atoms with Gasteiger partial charge < -0.3 is 5.32 Å². The van der Waals surface area contributed by atoms with Gasteiger partial charge in [-0.25, -0.2) is 9.37 Å². The van der Waals surface area contributed by atoms with Crippen LogP contribution in [0.25, 0.3) is 0 Å². The molecular formula is C12H15FN4. The van der Waals surface area contributed by atoms with Gasteiger partial charge in [0.15, 0.2) is 0 Å². The summed E-state index contributed by atoms with van der Waals surface area (Å²) in [5.74, 6) is 0.631. The molecule has 1 atom stereocenters. The Morgan fingerprint density at radius 3 is 2.94 bits per heavy atom. The number of benzene rings is 1. The summed E-state index contributed by atoms with van der Waals surface area (Å²) in [5, 5.41) is 9.79. The van der Waals surface area contributed by atoms with Gasteiger partial charge in [-0.3, -0.25) is 5.10 Å². The first kappa shape index (κ1) is 11.7. The number of nitrogens with zero attached hydrogens (tertiary/aromatic N) is 2. The van der Waals surface area contributed by atoms with Gasteiger partial charge in [0.25, 0.3) is 0 Å². The highest BCUT2D eigenvalue weighted by Gasteiger charge is 2.07. The van der Waals surface area contributed by atoms with Gasteiger partial charge in [-0.05, 0) is 25.0 Å². The summed E-state index contributed by atoms with van der Waals surface area (Å²) in [6.45, 7) is 2.62. The Morgan fingerprint density at radius 2 is 2.24 bits per heavy atom. The molecule has 0 aliphatic carbocycles. The average Bonchev–Trinajstić information content (AvgIpc) is 2.82. The first-order valence-electron chi connectivity index (χ1n) is 5.56. The molecule has 0 saturated carbocycles. The molecule has 1 aromatic carbocycles. The number of hydrogen-bond acceptors (Lipinski definition) is 3. The normalized spacial score (nSPS) is 12.6. The zero-order chi connectivity index (χ0) is 12.1. The van der Waals surface area contributed by atoms with E-state index in [2.05, 4.69) is 20.5 Å². The number of nitrogens with one attached hydrogen (secondary N) is 2. The van der Waals surface area contributed by atoms with E-state index >= 15 is 0 Å². The van der Waals surface area contributed by atoms with Gasteiger partial charge in [-0.15, -0.1) is 0 Å². The van der Waals surface area contributed by atoms with Crippen molar-refractivity contribution in [1.82, 2.24) is 20.5 Å². The van der Waals surface area contributed by atoms with Crippen LogP contribution in [-0.2, 0) is 13.0 Å². The lowest BCUT2D eigenvalue weighted by molar-refractivity contribution is 0.517. The van der Waals surface area contributed by atoms with Crippen LogP contribution >= 0.6 is 0 Å². The highest BCUT2D eigenvalue weighted by Crippen LogP contribution is 2.09. The molecule has 1 unspecified atom stereocenters. The first-order chi connectivity index (χ1) is 8.25. The van der Waals surface area contributed by atoms with Crippen molar-refractivity contribution in [3.05, 3.63) is 47.8 Å². The van der Waals surface area contributed by atoms with Crippen LogP contribution < -0.4 is 5.32 Å². The van der Waals surface area contributed by atoms with E-state index in [4.69, 9.17) is 0 Å². The second-order valence-corrected chi connectivity index (χ2v) is 4.01. The summed E-state index contributed by atoms with van der Waals surface area (Å²) in [6.07, 6.45) is 2.12. The van der Waals surface area contributed by atoms with Crippen LogP contribution in [-0.4, -0.2) is 21.2 Å². The van der Waals surface area contributed by atoms with Crippen LogP contribution in [0.1, 0.15) is 18.3 Å². The van der Waals surface area contributed by atoms with E-state index in [-0.39, 0.29) is 11.9 Å². The van der Waals surface area contributed by atoms with Crippen molar-refractivity contribution in [2.45, 2.75) is 25.9 Å². The smallest absolute Gasteiger partial charge is 0.138 e. The van der Waals surface area contributed by atoms with Crippen LogP contribution in [0.4, 0.5) is 4.39 Å². The topological polar surface area (TPSA) is 53.6 Å². The number of rotatable bonds is 5. The lowest BCUT2D eigenvalue weighted by Crippen LogP contribution is -2.28. The Labute approximate surface area is 99.3 Å². The number of hydrogen-bond donors (Lipinski definition) is 2. The Kier molecular flexibility index (Phi) is 3.82. The van der Waals surface area contributed by atoms with Gasteiger partial charge in [-0.1, -0.05) is 18.2 Å². The van der Waals surface area contributed by atoms with Gasteiger partial charge in [0.1, 0.15) is 18.0 Å². The predicted molar refractivity (Wildman–Crippen MR) is 62.8 cm³/mol. The second-order valence-electron chi connectivity index (χ2n) is 4.01. The molecule has 4 nitrogen and oxygen atoms in total. The molecule has 0 radical (unpaired) electrons. The molecular weight excluding hydrogens is 219 g/mol. The zero-order valence-corrected chi connectivity index (χ0v) is 9.65. The highest BCUT2D eigenvalue weighted by atomic mass is 19.1. The summed E-state index contributed by atoms with van der Waals surface area (Å²) in [4.78, 5) is 4.01. The quantitative estimate of drug-likeness (QED) is 0.827. The van der Waals surface area contributed by atoms with Crippen molar-refractivity contribution in [2.24, 2.45) is 0 Å². The van der Waals surface area contributed by atoms with Crippen molar-refractivity contribution < 1.29 is 4.39 Å². The Morgan fingerprint density at radius 1 is 1.41 bits per heavy atom. The van der Waals surface area contributed by atoms with Gasteiger partial charge in [0.05, 0.1) is 6.54 Å². The summed E-state index contributed by atoms with van der Waals surface area (Å²) >= 11 is 0. The average molecular weight is 234 g/mol. The third kappa shape index (κ3) is 3.35. The minimum atomic E-state index is -0.152. The van der Waals surface area contributed by atoms with E-state index in [9.17, 15) is 4.39 Å². The molecule has 0 aliphatic rings. The number of aromatic nitrogens is 3. The standard InChI is InChI=1S/C12H15FN4/c1-9(14-7-12-15-8-16-17-12)6-10-4-2-3-5-11(10)13/h2-5,8-9,14H,6-7H2,1H3,(H,15,16,17). The van der Waals surface area contributed by atoms with E-state index in [1.54, 1.807) is 6.07 Å². The highest BCUT2D eigenvalue weighted by molar-refractivity contribution is 5.18. The van der Waals surface area contributed by atoms with Crippen LogP contribution in [0.5, 0.6) is 0 Å². The molecule has 0 spiro atoms. The van der Waals surface area contributed by atoms with Crippen LogP contribution in [0.2, 0.25) is 0 Å². The van der Waals surface area contributed by atoms with Gasteiger partial charge >= 0.3 is 0 Å². The largest absolute Gasteiger partial charge is 0.307 e.